The summed E-state index contributed by atoms with van der Waals surface area (Å²) in [5, 5.41) is 0. The lowest BCUT2D eigenvalue weighted by Gasteiger charge is -2.22. The molecule has 0 aliphatic carbocycles. The smallest absolute Gasteiger partial charge is 0.305 e. The van der Waals surface area contributed by atoms with Crippen molar-refractivity contribution in [3.63, 3.8) is 0 Å². The van der Waals surface area contributed by atoms with Crippen LogP contribution in [0.3, 0.4) is 0 Å². The van der Waals surface area contributed by atoms with Gasteiger partial charge in [-0.1, -0.05) is 0 Å². The maximum Gasteiger partial charge on any atom is 0.305 e. The van der Waals surface area contributed by atoms with E-state index in [0.29, 0.717) is 26.1 Å². The van der Waals surface area contributed by atoms with Gasteiger partial charge >= 0.3 is 5.97 Å². The summed E-state index contributed by atoms with van der Waals surface area (Å²) in [5.74, 6) is -0.799. The average Bonchev–Trinajstić information content (AvgIpc) is 2.45. The number of hydrogen-bond acceptors (Lipinski definition) is 4. The van der Waals surface area contributed by atoms with E-state index in [1.807, 2.05) is 13.8 Å². The summed E-state index contributed by atoms with van der Waals surface area (Å²) in [7, 11) is 0. The highest BCUT2D eigenvalue weighted by atomic mass is 16.7. The molecule has 1 aliphatic rings. The number of carbonyl (C=O) groups excluding carboxylic acids is 1. The van der Waals surface area contributed by atoms with Gasteiger partial charge in [0.15, 0.2) is 5.79 Å². The van der Waals surface area contributed by atoms with Crippen molar-refractivity contribution in [2.45, 2.75) is 45.5 Å². The summed E-state index contributed by atoms with van der Waals surface area (Å²) in [6, 6.07) is 0. The van der Waals surface area contributed by atoms with Crippen molar-refractivity contribution in [2.75, 3.05) is 13.2 Å². The zero-order valence-electron chi connectivity index (χ0n) is 9.04. The van der Waals surface area contributed by atoms with Gasteiger partial charge < -0.3 is 14.2 Å². The molecule has 0 aromatic heterocycles. The predicted molar refractivity (Wildman–Crippen MR) is 50.8 cm³/mol. The van der Waals surface area contributed by atoms with Gasteiger partial charge in [0, 0.05) is 6.42 Å². The maximum atomic E-state index is 11.1. The molecule has 0 N–H and O–H groups in total. The first-order valence-corrected chi connectivity index (χ1v) is 5.03. The summed E-state index contributed by atoms with van der Waals surface area (Å²) < 4.78 is 15.8. The van der Waals surface area contributed by atoms with E-state index in [1.165, 1.54) is 0 Å². The van der Waals surface area contributed by atoms with Crippen LogP contribution < -0.4 is 0 Å². The first kappa shape index (κ1) is 11.5. The monoisotopic (exact) mass is 202 g/mol. The van der Waals surface area contributed by atoms with Gasteiger partial charge in [-0.05, 0) is 20.8 Å². The molecule has 0 spiro atoms. The zero-order valence-corrected chi connectivity index (χ0v) is 9.04. The van der Waals surface area contributed by atoms with Crippen LogP contribution in [-0.4, -0.2) is 31.1 Å². The lowest BCUT2D eigenvalue weighted by molar-refractivity contribution is -0.166. The molecule has 14 heavy (non-hydrogen) atoms. The molecule has 82 valence electrons. The third-order valence-electron chi connectivity index (χ3n) is 2.16. The number of hydrogen-bond donors (Lipinski definition) is 0. The molecule has 1 rings (SSSR count). The fourth-order valence-electron chi connectivity index (χ4n) is 1.48. The molecule has 0 aromatic rings. The second-order valence-corrected chi connectivity index (χ2v) is 3.68. The molecule has 1 aliphatic heterocycles. The van der Waals surface area contributed by atoms with E-state index >= 15 is 0 Å². The second-order valence-electron chi connectivity index (χ2n) is 3.68. The van der Waals surface area contributed by atoms with E-state index in [1.54, 1.807) is 6.92 Å². The Morgan fingerprint density at radius 3 is 2.86 bits per heavy atom. The van der Waals surface area contributed by atoms with Gasteiger partial charge in [-0.25, -0.2) is 0 Å². The van der Waals surface area contributed by atoms with Crippen LogP contribution in [-0.2, 0) is 19.0 Å². The third kappa shape index (κ3) is 3.27. The van der Waals surface area contributed by atoms with Crippen molar-refractivity contribution in [1.82, 2.24) is 0 Å². The Balaban J connectivity index is 2.27. The van der Waals surface area contributed by atoms with E-state index in [2.05, 4.69) is 0 Å². The molecule has 4 heteroatoms. The van der Waals surface area contributed by atoms with Gasteiger partial charge in [-0.3, -0.25) is 4.79 Å². The minimum Gasteiger partial charge on any atom is -0.466 e. The summed E-state index contributed by atoms with van der Waals surface area (Å²) in [4.78, 5) is 11.1. The normalized spacial score (nSPS) is 31.8. The molecule has 2 atom stereocenters. The number of esters is 1. The van der Waals surface area contributed by atoms with Gasteiger partial charge in [0.2, 0.25) is 0 Å². The number of rotatable bonds is 4. The molecule has 0 unspecified atom stereocenters. The van der Waals surface area contributed by atoms with Crippen molar-refractivity contribution < 1.29 is 19.0 Å². The van der Waals surface area contributed by atoms with Crippen LogP contribution in [0, 0.1) is 0 Å². The summed E-state index contributed by atoms with van der Waals surface area (Å²) in [6.07, 6.45) is 1.01. The molecule has 4 nitrogen and oxygen atoms in total. The predicted octanol–water partition coefficient (Wildman–Crippen LogP) is 1.48. The van der Waals surface area contributed by atoms with Crippen molar-refractivity contribution in [2.24, 2.45) is 0 Å². The van der Waals surface area contributed by atoms with Crippen LogP contribution in [0.1, 0.15) is 33.6 Å². The Hall–Kier alpha value is -0.610. The number of ether oxygens (including phenoxy) is 3. The standard InChI is InChI=1S/C10H18O4/c1-4-12-9(11)5-6-10(3)13-7-8(2)14-10/h8H,4-7H2,1-3H3/t8-,10-/m0/s1. The Bertz CT molecular complexity index is 204. The molecule has 0 aromatic carbocycles. The number of carbonyl (C=O) groups is 1. The summed E-state index contributed by atoms with van der Waals surface area (Å²) in [6.45, 7) is 6.63. The fourth-order valence-corrected chi connectivity index (χ4v) is 1.48. The Kier molecular flexibility index (Phi) is 3.89. The quantitative estimate of drug-likeness (QED) is 0.648. The summed E-state index contributed by atoms with van der Waals surface area (Å²) >= 11 is 0. The van der Waals surface area contributed by atoms with Crippen molar-refractivity contribution >= 4 is 5.97 Å². The lowest BCUT2D eigenvalue weighted by Crippen LogP contribution is -2.27. The van der Waals surface area contributed by atoms with E-state index in [9.17, 15) is 4.79 Å². The van der Waals surface area contributed by atoms with E-state index in [0.717, 1.165) is 0 Å². The van der Waals surface area contributed by atoms with Crippen LogP contribution in [0.15, 0.2) is 0 Å². The molecular weight excluding hydrogens is 184 g/mol. The molecular formula is C10H18O4. The van der Waals surface area contributed by atoms with E-state index in [4.69, 9.17) is 14.2 Å². The van der Waals surface area contributed by atoms with Gasteiger partial charge in [0.05, 0.1) is 25.7 Å². The largest absolute Gasteiger partial charge is 0.466 e. The molecule has 1 heterocycles. The molecule has 0 bridgehead atoms. The van der Waals surface area contributed by atoms with Gasteiger partial charge in [0.1, 0.15) is 0 Å². The SMILES string of the molecule is CCOC(=O)CC[C@@]1(C)OC[C@H](C)O1. The topological polar surface area (TPSA) is 44.8 Å². The first-order chi connectivity index (χ1) is 6.56. The maximum absolute atomic E-state index is 11.1. The molecule has 0 amide bonds. The van der Waals surface area contributed by atoms with Crippen molar-refractivity contribution in [1.29, 1.82) is 0 Å². The first-order valence-electron chi connectivity index (χ1n) is 5.03. The highest BCUT2D eigenvalue weighted by Gasteiger charge is 2.35. The molecule has 0 saturated carbocycles. The Morgan fingerprint density at radius 1 is 1.64 bits per heavy atom. The van der Waals surface area contributed by atoms with Crippen molar-refractivity contribution in [3.8, 4) is 0 Å². The highest BCUT2D eigenvalue weighted by molar-refractivity contribution is 5.69. The molecule has 1 saturated heterocycles. The van der Waals surface area contributed by atoms with Crippen LogP contribution >= 0.6 is 0 Å². The molecule has 0 radical (unpaired) electrons. The Morgan fingerprint density at radius 2 is 2.36 bits per heavy atom. The van der Waals surface area contributed by atoms with Crippen LogP contribution in [0.25, 0.3) is 0 Å². The van der Waals surface area contributed by atoms with E-state index < -0.39 is 5.79 Å². The van der Waals surface area contributed by atoms with Gasteiger partial charge in [0.25, 0.3) is 0 Å². The third-order valence-corrected chi connectivity index (χ3v) is 2.16. The van der Waals surface area contributed by atoms with Crippen LogP contribution in [0.5, 0.6) is 0 Å². The lowest BCUT2D eigenvalue weighted by atomic mass is 10.2. The van der Waals surface area contributed by atoms with E-state index in [-0.39, 0.29) is 12.1 Å². The fraction of sp³-hybridized carbons (Fsp3) is 0.900. The molecule has 1 fully saturated rings. The Labute approximate surface area is 84.5 Å². The highest BCUT2D eigenvalue weighted by Crippen LogP contribution is 2.27. The van der Waals surface area contributed by atoms with Crippen LogP contribution in [0.4, 0.5) is 0 Å². The average molecular weight is 202 g/mol. The minimum atomic E-state index is -0.605. The van der Waals surface area contributed by atoms with Crippen LogP contribution in [0.2, 0.25) is 0 Å². The van der Waals surface area contributed by atoms with Gasteiger partial charge in [-0.15, -0.1) is 0 Å². The van der Waals surface area contributed by atoms with Crippen molar-refractivity contribution in [3.05, 3.63) is 0 Å². The second kappa shape index (κ2) is 4.75. The minimum absolute atomic E-state index is 0.113. The summed E-state index contributed by atoms with van der Waals surface area (Å²) in [5.41, 5.74) is 0. The zero-order chi connectivity index (χ0) is 10.6. The van der Waals surface area contributed by atoms with Gasteiger partial charge in [-0.2, -0.15) is 0 Å².